The van der Waals surface area contributed by atoms with Crippen molar-refractivity contribution in [2.75, 3.05) is 25.1 Å². The van der Waals surface area contributed by atoms with Crippen LogP contribution >= 0.6 is 11.8 Å². The zero-order valence-electron chi connectivity index (χ0n) is 8.84. The second kappa shape index (κ2) is 5.61. The van der Waals surface area contributed by atoms with Crippen LogP contribution < -0.4 is 11.1 Å². The highest BCUT2D eigenvalue weighted by molar-refractivity contribution is 7.98. The quantitative estimate of drug-likeness (QED) is 0.624. The Bertz CT molecular complexity index is 193. The minimum atomic E-state index is -0.181. The summed E-state index contributed by atoms with van der Waals surface area (Å²) in [6.45, 7) is 1.31. The van der Waals surface area contributed by atoms with Crippen molar-refractivity contribution >= 4 is 17.7 Å². The zero-order chi connectivity index (χ0) is 10.4. The van der Waals surface area contributed by atoms with Crippen LogP contribution in [0.4, 0.5) is 0 Å². The second-order valence-corrected chi connectivity index (χ2v) is 4.93. The molecule has 0 saturated heterocycles. The number of nitrogens with two attached hydrogens (primary N) is 1. The molecule has 0 heterocycles. The maximum atomic E-state index is 11.6. The lowest BCUT2D eigenvalue weighted by atomic mass is 10.1. The fraction of sp³-hybridized carbons (Fsp3) is 0.900. The van der Waals surface area contributed by atoms with Crippen molar-refractivity contribution in [2.24, 2.45) is 11.1 Å². The van der Waals surface area contributed by atoms with Gasteiger partial charge in [0, 0.05) is 13.1 Å². The molecule has 1 rings (SSSR count). The smallest absolute Gasteiger partial charge is 0.227 e. The molecule has 0 bridgehead atoms. The molecule has 1 amide bonds. The lowest BCUT2D eigenvalue weighted by Crippen LogP contribution is -2.37. The lowest BCUT2D eigenvalue weighted by molar-refractivity contribution is -0.125. The average molecular weight is 216 g/mol. The molecule has 4 heteroatoms. The Hall–Kier alpha value is -0.220. The first kappa shape index (κ1) is 11.9. The van der Waals surface area contributed by atoms with Gasteiger partial charge in [-0.3, -0.25) is 4.79 Å². The van der Waals surface area contributed by atoms with Gasteiger partial charge >= 0.3 is 0 Å². The Morgan fingerprint density at radius 3 is 2.71 bits per heavy atom. The Labute approximate surface area is 90.2 Å². The molecule has 1 fully saturated rings. The number of carbonyl (C=O) groups excluding carboxylic acids is 1. The summed E-state index contributed by atoms with van der Waals surface area (Å²) < 4.78 is 0. The predicted octanol–water partition coefficient (Wildman–Crippen LogP) is 0.985. The number of rotatable bonds is 7. The number of hydrogen-bond donors (Lipinski definition) is 2. The van der Waals surface area contributed by atoms with Gasteiger partial charge in [0.05, 0.1) is 5.41 Å². The molecule has 0 spiro atoms. The van der Waals surface area contributed by atoms with Crippen LogP contribution in [0, 0.1) is 5.41 Å². The molecule has 1 aliphatic rings. The molecule has 0 radical (unpaired) electrons. The van der Waals surface area contributed by atoms with Crippen LogP contribution in [-0.2, 0) is 4.79 Å². The van der Waals surface area contributed by atoms with E-state index in [1.165, 1.54) is 12.2 Å². The van der Waals surface area contributed by atoms with Crippen molar-refractivity contribution in [3.63, 3.8) is 0 Å². The van der Waals surface area contributed by atoms with Crippen LogP contribution in [-0.4, -0.2) is 31.0 Å². The number of nitrogens with one attached hydrogen (secondary N) is 1. The van der Waals surface area contributed by atoms with Crippen molar-refractivity contribution in [2.45, 2.75) is 25.7 Å². The largest absolute Gasteiger partial charge is 0.356 e. The summed E-state index contributed by atoms with van der Waals surface area (Å²) in [5.41, 5.74) is 5.38. The van der Waals surface area contributed by atoms with E-state index < -0.39 is 0 Å². The van der Waals surface area contributed by atoms with E-state index in [2.05, 4.69) is 11.6 Å². The van der Waals surface area contributed by atoms with Crippen molar-refractivity contribution in [1.82, 2.24) is 5.32 Å². The Morgan fingerprint density at radius 2 is 2.21 bits per heavy atom. The first-order valence-electron chi connectivity index (χ1n) is 5.22. The summed E-state index contributed by atoms with van der Waals surface area (Å²) in [4.78, 5) is 11.6. The number of hydrogen-bond acceptors (Lipinski definition) is 3. The zero-order valence-corrected chi connectivity index (χ0v) is 9.66. The minimum Gasteiger partial charge on any atom is -0.356 e. The molecule has 1 saturated carbocycles. The van der Waals surface area contributed by atoms with Crippen LogP contribution in [0.15, 0.2) is 0 Å². The van der Waals surface area contributed by atoms with E-state index in [0.717, 1.165) is 25.8 Å². The van der Waals surface area contributed by atoms with Crippen LogP contribution in [0.3, 0.4) is 0 Å². The maximum Gasteiger partial charge on any atom is 0.227 e. The minimum absolute atomic E-state index is 0.171. The molecule has 14 heavy (non-hydrogen) atoms. The van der Waals surface area contributed by atoms with Gasteiger partial charge in [-0.15, -0.1) is 0 Å². The fourth-order valence-corrected chi connectivity index (χ4v) is 1.93. The highest BCUT2D eigenvalue weighted by atomic mass is 32.2. The van der Waals surface area contributed by atoms with Gasteiger partial charge < -0.3 is 11.1 Å². The van der Waals surface area contributed by atoms with Gasteiger partial charge in [-0.2, -0.15) is 11.8 Å². The molecule has 0 aromatic rings. The van der Waals surface area contributed by atoms with E-state index in [9.17, 15) is 4.79 Å². The summed E-state index contributed by atoms with van der Waals surface area (Å²) in [6.07, 6.45) is 6.30. The maximum absolute atomic E-state index is 11.6. The van der Waals surface area contributed by atoms with Crippen molar-refractivity contribution < 1.29 is 4.79 Å². The van der Waals surface area contributed by atoms with E-state index in [-0.39, 0.29) is 11.3 Å². The number of carbonyl (C=O) groups is 1. The summed E-state index contributed by atoms with van der Waals surface area (Å²) >= 11 is 1.85. The van der Waals surface area contributed by atoms with Crippen LogP contribution in [0.25, 0.3) is 0 Å². The fourth-order valence-electron chi connectivity index (χ4n) is 1.44. The van der Waals surface area contributed by atoms with E-state index in [1.807, 2.05) is 11.8 Å². The lowest BCUT2D eigenvalue weighted by Gasteiger charge is -2.12. The highest BCUT2D eigenvalue weighted by Gasteiger charge is 2.48. The van der Waals surface area contributed by atoms with Gasteiger partial charge in [0.1, 0.15) is 0 Å². The number of unbranched alkanes of at least 4 members (excludes halogenated alkanes) is 1. The topological polar surface area (TPSA) is 55.1 Å². The molecule has 0 aromatic carbocycles. The van der Waals surface area contributed by atoms with E-state index >= 15 is 0 Å². The second-order valence-electron chi connectivity index (χ2n) is 3.94. The third-order valence-electron chi connectivity index (χ3n) is 2.79. The molecular formula is C10H20N2OS. The predicted molar refractivity (Wildman–Crippen MR) is 61.3 cm³/mol. The normalized spacial score (nSPS) is 17.9. The molecule has 3 N–H and O–H groups in total. The van der Waals surface area contributed by atoms with E-state index in [0.29, 0.717) is 6.54 Å². The Morgan fingerprint density at radius 1 is 1.50 bits per heavy atom. The molecule has 0 unspecified atom stereocenters. The van der Waals surface area contributed by atoms with Crippen molar-refractivity contribution in [1.29, 1.82) is 0 Å². The van der Waals surface area contributed by atoms with Gasteiger partial charge in [0.25, 0.3) is 0 Å². The van der Waals surface area contributed by atoms with Gasteiger partial charge in [-0.25, -0.2) is 0 Å². The van der Waals surface area contributed by atoms with Gasteiger partial charge in [-0.1, -0.05) is 0 Å². The standard InChI is InChI=1S/C10H20N2OS/c1-14-7-3-2-6-12-9(13)10(8-11)4-5-10/h2-8,11H2,1H3,(H,12,13). The Kier molecular flexibility index (Phi) is 4.75. The Balaban J connectivity index is 2.04. The van der Waals surface area contributed by atoms with Crippen LogP contribution in [0.5, 0.6) is 0 Å². The van der Waals surface area contributed by atoms with Gasteiger partial charge in [0.15, 0.2) is 0 Å². The highest BCUT2D eigenvalue weighted by Crippen LogP contribution is 2.44. The van der Waals surface area contributed by atoms with Crippen LogP contribution in [0.2, 0.25) is 0 Å². The van der Waals surface area contributed by atoms with E-state index in [1.54, 1.807) is 0 Å². The average Bonchev–Trinajstić information content (AvgIpc) is 2.98. The molecule has 0 aliphatic heterocycles. The summed E-state index contributed by atoms with van der Waals surface area (Å²) in [5, 5.41) is 2.97. The van der Waals surface area contributed by atoms with Crippen LogP contribution in [0.1, 0.15) is 25.7 Å². The SMILES string of the molecule is CSCCCCNC(=O)C1(CN)CC1. The number of amides is 1. The molecule has 82 valence electrons. The van der Waals surface area contributed by atoms with Gasteiger partial charge in [-0.05, 0) is 37.7 Å². The number of thioether (sulfide) groups is 1. The van der Waals surface area contributed by atoms with Gasteiger partial charge in [0.2, 0.25) is 5.91 Å². The van der Waals surface area contributed by atoms with Crippen molar-refractivity contribution in [3.05, 3.63) is 0 Å². The molecular weight excluding hydrogens is 196 g/mol. The summed E-state index contributed by atoms with van der Waals surface area (Å²) in [5.74, 6) is 1.35. The third kappa shape index (κ3) is 3.17. The molecule has 3 nitrogen and oxygen atoms in total. The third-order valence-corrected chi connectivity index (χ3v) is 3.48. The summed E-state index contributed by atoms with van der Waals surface area (Å²) in [7, 11) is 0. The molecule has 0 aromatic heterocycles. The monoisotopic (exact) mass is 216 g/mol. The molecule has 1 aliphatic carbocycles. The van der Waals surface area contributed by atoms with E-state index in [4.69, 9.17) is 5.73 Å². The first-order chi connectivity index (χ1) is 6.75. The summed E-state index contributed by atoms with van der Waals surface area (Å²) in [6, 6.07) is 0. The first-order valence-corrected chi connectivity index (χ1v) is 6.62. The van der Waals surface area contributed by atoms with Crippen molar-refractivity contribution in [3.8, 4) is 0 Å². The molecule has 0 atom stereocenters.